The lowest BCUT2D eigenvalue weighted by atomic mass is 10.2. The summed E-state index contributed by atoms with van der Waals surface area (Å²) in [4.78, 5) is 10.7. The predicted molar refractivity (Wildman–Crippen MR) is 68.2 cm³/mol. The average molecular weight is 249 g/mol. The largest absolute Gasteiger partial charge is 0.298 e. The summed E-state index contributed by atoms with van der Waals surface area (Å²) in [7, 11) is 0. The molecule has 0 fully saturated rings. The molecule has 1 aromatic heterocycles. The van der Waals surface area contributed by atoms with Gasteiger partial charge in [0.2, 0.25) is 0 Å². The number of carbonyl (C=O) groups excluding carboxylic acids is 1. The maximum Gasteiger partial charge on any atom is 0.150 e. The van der Waals surface area contributed by atoms with Gasteiger partial charge in [-0.05, 0) is 44.5 Å². The first-order valence-corrected chi connectivity index (χ1v) is 5.70. The molecule has 17 heavy (non-hydrogen) atoms. The first kappa shape index (κ1) is 11.9. The number of aldehydes is 1. The SMILES string of the molecule is Cc1nn(-c2ccc(C=O)cc2Cl)c(C)c1C. The second-order valence-electron chi connectivity index (χ2n) is 4.04. The Morgan fingerprint density at radius 2 is 2.00 bits per heavy atom. The van der Waals surface area contributed by atoms with Crippen molar-refractivity contribution in [1.29, 1.82) is 0 Å². The van der Waals surface area contributed by atoms with Crippen molar-refractivity contribution in [2.45, 2.75) is 20.8 Å². The van der Waals surface area contributed by atoms with E-state index < -0.39 is 0 Å². The van der Waals surface area contributed by atoms with Gasteiger partial charge >= 0.3 is 0 Å². The molecule has 0 bridgehead atoms. The van der Waals surface area contributed by atoms with E-state index >= 15 is 0 Å². The topological polar surface area (TPSA) is 34.9 Å². The van der Waals surface area contributed by atoms with Crippen molar-refractivity contribution in [2.24, 2.45) is 0 Å². The molecule has 0 radical (unpaired) electrons. The molecular weight excluding hydrogens is 236 g/mol. The van der Waals surface area contributed by atoms with Gasteiger partial charge in [0.15, 0.2) is 0 Å². The molecular formula is C13H13ClN2O. The summed E-state index contributed by atoms with van der Waals surface area (Å²) < 4.78 is 1.81. The minimum atomic E-state index is 0.528. The second kappa shape index (κ2) is 4.34. The highest BCUT2D eigenvalue weighted by Crippen LogP contribution is 2.24. The van der Waals surface area contributed by atoms with Gasteiger partial charge in [0.1, 0.15) is 6.29 Å². The lowest BCUT2D eigenvalue weighted by Crippen LogP contribution is -2.00. The van der Waals surface area contributed by atoms with Crippen molar-refractivity contribution in [2.75, 3.05) is 0 Å². The standard InChI is InChI=1S/C13H13ClN2O/c1-8-9(2)15-16(10(8)3)13-5-4-11(7-17)6-12(13)14/h4-7H,1-3H3. The summed E-state index contributed by atoms with van der Waals surface area (Å²) in [5, 5.41) is 4.97. The van der Waals surface area contributed by atoms with Gasteiger partial charge in [0, 0.05) is 11.3 Å². The molecule has 0 aliphatic heterocycles. The van der Waals surface area contributed by atoms with Gasteiger partial charge < -0.3 is 0 Å². The van der Waals surface area contributed by atoms with Gasteiger partial charge in [0.25, 0.3) is 0 Å². The van der Waals surface area contributed by atoms with Crippen LogP contribution in [-0.4, -0.2) is 16.1 Å². The minimum absolute atomic E-state index is 0.528. The van der Waals surface area contributed by atoms with E-state index in [1.165, 1.54) is 0 Å². The molecule has 3 nitrogen and oxygen atoms in total. The normalized spacial score (nSPS) is 10.6. The molecule has 0 aliphatic carbocycles. The van der Waals surface area contributed by atoms with E-state index in [0.29, 0.717) is 10.6 Å². The monoisotopic (exact) mass is 248 g/mol. The van der Waals surface area contributed by atoms with Crippen LogP contribution >= 0.6 is 11.6 Å². The maximum absolute atomic E-state index is 10.7. The molecule has 4 heteroatoms. The smallest absolute Gasteiger partial charge is 0.150 e. The number of aromatic nitrogens is 2. The van der Waals surface area contributed by atoms with Crippen LogP contribution in [0.1, 0.15) is 27.3 Å². The first-order valence-electron chi connectivity index (χ1n) is 5.32. The van der Waals surface area contributed by atoms with E-state index in [1.54, 1.807) is 12.1 Å². The summed E-state index contributed by atoms with van der Waals surface area (Å²) in [6.45, 7) is 5.99. The Morgan fingerprint density at radius 1 is 1.29 bits per heavy atom. The fourth-order valence-electron chi connectivity index (χ4n) is 1.72. The lowest BCUT2D eigenvalue weighted by molar-refractivity contribution is 0.112. The van der Waals surface area contributed by atoms with Crippen molar-refractivity contribution in [3.05, 3.63) is 45.7 Å². The molecule has 2 aromatic rings. The fourth-order valence-corrected chi connectivity index (χ4v) is 1.99. The third kappa shape index (κ3) is 1.98. The molecule has 0 N–H and O–H groups in total. The van der Waals surface area contributed by atoms with Crippen LogP contribution in [0.25, 0.3) is 5.69 Å². The number of nitrogens with zero attached hydrogens (tertiary/aromatic N) is 2. The van der Waals surface area contributed by atoms with Gasteiger partial charge in [-0.25, -0.2) is 4.68 Å². The van der Waals surface area contributed by atoms with E-state index in [-0.39, 0.29) is 0 Å². The van der Waals surface area contributed by atoms with Gasteiger partial charge in [0.05, 0.1) is 16.4 Å². The summed E-state index contributed by atoms with van der Waals surface area (Å²) in [6, 6.07) is 5.20. The molecule has 0 amide bonds. The number of halogens is 1. The van der Waals surface area contributed by atoms with Gasteiger partial charge in [-0.3, -0.25) is 4.79 Å². The lowest BCUT2D eigenvalue weighted by Gasteiger charge is -2.07. The highest BCUT2D eigenvalue weighted by atomic mass is 35.5. The summed E-state index contributed by atoms with van der Waals surface area (Å²) >= 11 is 6.16. The van der Waals surface area contributed by atoms with E-state index in [1.807, 2.05) is 31.5 Å². The first-order chi connectivity index (χ1) is 8.04. The molecule has 2 rings (SSSR count). The Kier molecular flexibility index (Phi) is 3.03. The Bertz CT molecular complexity index is 587. The summed E-state index contributed by atoms with van der Waals surface area (Å²) in [5.41, 5.74) is 4.56. The predicted octanol–water partition coefficient (Wildman–Crippen LogP) is 3.26. The molecule has 0 aliphatic rings. The second-order valence-corrected chi connectivity index (χ2v) is 4.44. The van der Waals surface area contributed by atoms with Gasteiger partial charge in [-0.15, -0.1) is 0 Å². The van der Waals surface area contributed by atoms with Crippen molar-refractivity contribution in [3.8, 4) is 5.69 Å². The zero-order valence-electron chi connectivity index (χ0n) is 9.99. The molecule has 1 aromatic carbocycles. The molecule has 88 valence electrons. The van der Waals surface area contributed by atoms with Gasteiger partial charge in [-0.1, -0.05) is 11.6 Å². The highest BCUT2D eigenvalue weighted by molar-refractivity contribution is 6.32. The van der Waals surface area contributed by atoms with E-state index in [2.05, 4.69) is 5.10 Å². The van der Waals surface area contributed by atoms with Crippen molar-refractivity contribution >= 4 is 17.9 Å². The molecule has 1 heterocycles. The van der Waals surface area contributed by atoms with Crippen molar-refractivity contribution < 1.29 is 4.79 Å². The number of hydrogen-bond donors (Lipinski definition) is 0. The Morgan fingerprint density at radius 3 is 2.47 bits per heavy atom. The Labute approximate surface area is 105 Å². The van der Waals surface area contributed by atoms with Crippen LogP contribution < -0.4 is 0 Å². The zero-order valence-corrected chi connectivity index (χ0v) is 10.7. The van der Waals surface area contributed by atoms with Crippen LogP contribution in [0.5, 0.6) is 0 Å². The number of carbonyl (C=O) groups is 1. The zero-order chi connectivity index (χ0) is 12.6. The molecule has 0 atom stereocenters. The summed E-state index contributed by atoms with van der Waals surface area (Å²) in [5.74, 6) is 0. The number of hydrogen-bond acceptors (Lipinski definition) is 2. The van der Waals surface area contributed by atoms with E-state index in [9.17, 15) is 4.79 Å². The molecule has 0 saturated carbocycles. The van der Waals surface area contributed by atoms with Crippen molar-refractivity contribution in [3.63, 3.8) is 0 Å². The highest BCUT2D eigenvalue weighted by Gasteiger charge is 2.11. The van der Waals surface area contributed by atoms with Crippen LogP contribution in [0.4, 0.5) is 0 Å². The Balaban J connectivity index is 2.60. The van der Waals surface area contributed by atoms with Crippen LogP contribution in [0.15, 0.2) is 18.2 Å². The summed E-state index contributed by atoms with van der Waals surface area (Å²) in [6.07, 6.45) is 0.780. The number of aryl methyl sites for hydroxylation is 1. The molecule has 0 unspecified atom stereocenters. The molecule has 0 saturated heterocycles. The van der Waals surface area contributed by atoms with Crippen LogP contribution in [0.2, 0.25) is 5.02 Å². The maximum atomic E-state index is 10.7. The van der Waals surface area contributed by atoms with E-state index in [0.717, 1.165) is 28.9 Å². The quantitative estimate of drug-likeness (QED) is 0.765. The molecule has 0 spiro atoms. The third-order valence-electron chi connectivity index (χ3n) is 2.99. The Hall–Kier alpha value is -1.61. The minimum Gasteiger partial charge on any atom is -0.298 e. The number of benzene rings is 1. The van der Waals surface area contributed by atoms with Gasteiger partial charge in [-0.2, -0.15) is 5.10 Å². The number of rotatable bonds is 2. The van der Waals surface area contributed by atoms with Crippen molar-refractivity contribution in [1.82, 2.24) is 9.78 Å². The van der Waals surface area contributed by atoms with Crippen LogP contribution in [0, 0.1) is 20.8 Å². The van der Waals surface area contributed by atoms with Crippen LogP contribution in [0.3, 0.4) is 0 Å². The fraction of sp³-hybridized carbons (Fsp3) is 0.231. The third-order valence-corrected chi connectivity index (χ3v) is 3.29. The van der Waals surface area contributed by atoms with E-state index in [4.69, 9.17) is 11.6 Å². The average Bonchev–Trinajstić information content (AvgIpc) is 2.57. The van der Waals surface area contributed by atoms with Crippen LogP contribution in [-0.2, 0) is 0 Å².